The number of nitrogens with zero attached hydrogens (tertiary/aromatic N) is 6. The van der Waals surface area contributed by atoms with E-state index in [4.69, 9.17) is 14.2 Å². The predicted octanol–water partition coefficient (Wildman–Crippen LogP) is 3.78. The summed E-state index contributed by atoms with van der Waals surface area (Å²) in [5, 5.41) is 11.1. The average molecular weight is 687 g/mol. The first kappa shape index (κ1) is 37.5. The first-order chi connectivity index (χ1) is 22.6. The number of aromatic nitrogens is 4. The van der Waals surface area contributed by atoms with Crippen molar-refractivity contribution >= 4 is 42.9 Å². The highest BCUT2D eigenvalue weighted by Crippen LogP contribution is 2.41. The summed E-state index contributed by atoms with van der Waals surface area (Å²) in [6, 6.07) is -1.12. The minimum absolute atomic E-state index is 0.00376. The molecule has 264 valence electrons. The molecule has 0 aliphatic carbocycles. The van der Waals surface area contributed by atoms with Crippen LogP contribution < -0.4 is 0 Å². The molecule has 0 unspecified atom stereocenters. The molecule has 2 fully saturated rings. The van der Waals surface area contributed by atoms with Crippen LogP contribution in [0.5, 0.6) is 0 Å². The average Bonchev–Trinajstić information content (AvgIpc) is 3.79. The van der Waals surface area contributed by atoms with Gasteiger partial charge in [0, 0.05) is 51.7 Å². The smallest absolute Gasteiger partial charge is 0.410 e. The van der Waals surface area contributed by atoms with E-state index in [1.807, 2.05) is 40.2 Å². The van der Waals surface area contributed by atoms with Gasteiger partial charge in [-0.1, -0.05) is 19.1 Å². The lowest BCUT2D eigenvalue weighted by molar-refractivity contribution is -0.171. The van der Waals surface area contributed by atoms with Crippen LogP contribution in [-0.2, 0) is 35.1 Å². The fourth-order valence-corrected chi connectivity index (χ4v) is 7.96. The lowest BCUT2D eigenvalue weighted by atomic mass is 9.67. The fraction of sp³-hybridized carbons (Fsp3) is 0.727. The van der Waals surface area contributed by atoms with Crippen molar-refractivity contribution in [3.8, 4) is 10.7 Å². The topological polar surface area (TPSA) is 146 Å². The van der Waals surface area contributed by atoms with Crippen LogP contribution in [0.15, 0.2) is 17.8 Å². The standard InChI is InChI=1S/C33H51BN6O7S/c1-9-27-33(7)28(39(31(44)47-33)14-11-10-13-38-19-24(36-37-38)29-35-12-15-48-29)22(4)40(23(5)41)18-20(2)17-32(6,45-8)26(34)16-25(42)21(3)30(43)46-27/h12,15,19-22,26-28H,9-11,13-14,16-18,34H2,1-8H3/t20-,21-,22-,26-,27-,28-,32-,33-/m1/s1. The highest BCUT2D eigenvalue weighted by molar-refractivity contribution is 7.13. The number of thiazole rings is 1. The molecular formula is C33H51BN6O7S. The van der Waals surface area contributed by atoms with E-state index in [-0.39, 0.29) is 29.8 Å². The van der Waals surface area contributed by atoms with Gasteiger partial charge in [-0.25, -0.2) is 9.78 Å². The molecule has 8 atom stereocenters. The summed E-state index contributed by atoms with van der Waals surface area (Å²) in [7, 11) is 3.58. The monoisotopic (exact) mass is 686 g/mol. The van der Waals surface area contributed by atoms with Crippen LogP contribution in [0.25, 0.3) is 10.7 Å². The Hall–Kier alpha value is -3.33. The molecule has 2 aliphatic rings. The number of fused-ring (bicyclic) bond motifs is 1. The zero-order chi connectivity index (χ0) is 35.4. The van der Waals surface area contributed by atoms with E-state index in [1.165, 1.54) is 18.3 Å². The van der Waals surface area contributed by atoms with Gasteiger partial charge in [-0.3, -0.25) is 24.0 Å². The number of esters is 1. The predicted molar refractivity (Wildman–Crippen MR) is 183 cm³/mol. The Morgan fingerprint density at radius 3 is 2.50 bits per heavy atom. The maximum absolute atomic E-state index is 13.7. The Kier molecular flexibility index (Phi) is 12.1. The zero-order valence-electron chi connectivity index (χ0n) is 29.8. The summed E-state index contributed by atoms with van der Waals surface area (Å²) >= 11 is 1.50. The molecule has 2 aromatic rings. The van der Waals surface area contributed by atoms with Gasteiger partial charge in [0.2, 0.25) is 5.91 Å². The number of unbranched alkanes of at least 4 members (excludes halogenated alkanes) is 1. The van der Waals surface area contributed by atoms with Crippen LogP contribution in [0.1, 0.15) is 80.6 Å². The third-order valence-corrected chi connectivity index (χ3v) is 11.2. The Labute approximate surface area is 288 Å². The van der Waals surface area contributed by atoms with Crippen molar-refractivity contribution in [2.24, 2.45) is 11.8 Å². The van der Waals surface area contributed by atoms with Gasteiger partial charge in [0.25, 0.3) is 0 Å². The van der Waals surface area contributed by atoms with Crippen molar-refractivity contribution in [3.05, 3.63) is 17.8 Å². The van der Waals surface area contributed by atoms with E-state index in [0.29, 0.717) is 51.0 Å². The number of methoxy groups -OCH3 is 1. The molecule has 48 heavy (non-hydrogen) atoms. The quantitative estimate of drug-likeness (QED) is 0.174. The second-order valence-corrected chi connectivity index (χ2v) is 14.9. The summed E-state index contributed by atoms with van der Waals surface area (Å²) in [5.41, 5.74) is -1.25. The Bertz CT molecular complexity index is 1440. The Morgan fingerprint density at radius 2 is 1.88 bits per heavy atom. The van der Waals surface area contributed by atoms with Crippen LogP contribution in [0.2, 0.25) is 5.82 Å². The Balaban J connectivity index is 1.63. The van der Waals surface area contributed by atoms with Gasteiger partial charge in [-0.15, -0.1) is 16.4 Å². The van der Waals surface area contributed by atoms with E-state index < -0.39 is 47.4 Å². The van der Waals surface area contributed by atoms with Crippen LogP contribution in [0, 0.1) is 11.8 Å². The first-order valence-electron chi connectivity index (χ1n) is 17.0. The minimum atomic E-state index is -1.29. The lowest BCUT2D eigenvalue weighted by Gasteiger charge is -2.44. The van der Waals surface area contributed by atoms with Crippen LogP contribution in [-0.4, -0.2) is 111 Å². The molecule has 4 rings (SSSR count). The largest absolute Gasteiger partial charge is 0.458 e. The minimum Gasteiger partial charge on any atom is -0.458 e. The summed E-state index contributed by atoms with van der Waals surface area (Å²) in [4.78, 5) is 61.6. The maximum atomic E-state index is 13.7. The van der Waals surface area contributed by atoms with Gasteiger partial charge in [-0.2, -0.15) is 0 Å². The van der Waals surface area contributed by atoms with Gasteiger partial charge >= 0.3 is 12.1 Å². The number of aryl methyl sites for hydroxylation is 1. The maximum Gasteiger partial charge on any atom is 0.410 e. The molecule has 2 saturated heterocycles. The number of hydrogen-bond acceptors (Lipinski definition) is 11. The van der Waals surface area contributed by atoms with Crippen molar-refractivity contribution in [2.45, 2.75) is 122 Å². The third kappa shape index (κ3) is 7.93. The number of carbonyl (C=O) groups is 4. The summed E-state index contributed by atoms with van der Waals surface area (Å²) in [5.74, 6) is -2.21. The summed E-state index contributed by atoms with van der Waals surface area (Å²) < 4.78 is 19.9. The van der Waals surface area contributed by atoms with E-state index >= 15 is 0 Å². The van der Waals surface area contributed by atoms with Crippen molar-refractivity contribution in [2.75, 3.05) is 20.2 Å². The highest BCUT2D eigenvalue weighted by Gasteiger charge is 2.59. The van der Waals surface area contributed by atoms with Gasteiger partial charge in [-0.05, 0) is 65.1 Å². The number of Topliss-reactive ketones (excluding diaryl/α,β-unsaturated/α-hetero) is 1. The molecule has 2 amide bonds. The van der Waals surface area contributed by atoms with E-state index in [9.17, 15) is 19.2 Å². The molecule has 0 bridgehead atoms. The SMILES string of the molecule is B[C@@H]1CC(=O)[C@@H](C)C(=O)O[C@H](CC)[C@@]2(C)OC(=O)N(CCCCn3cc(-c4nccs4)nn3)[C@@H]2[C@@H](C)N(C(C)=O)C[C@H](C)C[C@@]1(C)OC. The molecule has 2 aromatic heterocycles. The van der Waals surface area contributed by atoms with E-state index in [1.54, 1.807) is 41.6 Å². The number of cyclic esters (lactones) is 1. The lowest BCUT2D eigenvalue weighted by Crippen LogP contribution is -2.62. The number of carbonyl (C=O) groups excluding carboxylic acids is 4. The van der Waals surface area contributed by atoms with Crippen molar-refractivity contribution < 1.29 is 33.4 Å². The van der Waals surface area contributed by atoms with Crippen molar-refractivity contribution in [1.82, 2.24) is 29.8 Å². The van der Waals surface area contributed by atoms with Crippen LogP contribution >= 0.6 is 11.3 Å². The zero-order valence-corrected chi connectivity index (χ0v) is 30.6. The highest BCUT2D eigenvalue weighted by atomic mass is 32.1. The van der Waals surface area contributed by atoms with Crippen LogP contribution in [0.4, 0.5) is 4.79 Å². The number of ether oxygens (including phenoxy) is 3. The van der Waals surface area contributed by atoms with Gasteiger partial charge in [0.05, 0.1) is 23.9 Å². The van der Waals surface area contributed by atoms with E-state index in [0.717, 1.165) is 5.01 Å². The van der Waals surface area contributed by atoms with E-state index in [2.05, 4.69) is 22.2 Å². The molecule has 2 aliphatic heterocycles. The second-order valence-electron chi connectivity index (χ2n) is 14.0. The number of ketones is 1. The molecular weight excluding hydrogens is 635 g/mol. The number of rotatable bonds is 8. The molecule has 0 radical (unpaired) electrons. The molecule has 13 nitrogen and oxygen atoms in total. The second kappa shape index (κ2) is 15.5. The van der Waals surface area contributed by atoms with Crippen LogP contribution in [0.3, 0.4) is 0 Å². The molecule has 0 aromatic carbocycles. The first-order valence-corrected chi connectivity index (χ1v) is 17.9. The molecule has 0 N–H and O–H groups in total. The number of hydrogen-bond donors (Lipinski definition) is 0. The van der Waals surface area contributed by atoms with Gasteiger partial charge < -0.3 is 19.1 Å². The van der Waals surface area contributed by atoms with Crippen molar-refractivity contribution in [3.63, 3.8) is 0 Å². The molecule has 0 saturated carbocycles. The fourth-order valence-electron chi connectivity index (χ4n) is 7.37. The van der Waals surface area contributed by atoms with Gasteiger partial charge in [0.1, 0.15) is 36.4 Å². The molecule has 0 spiro atoms. The summed E-state index contributed by atoms with van der Waals surface area (Å²) in [6.45, 7) is 14.1. The normalized spacial score (nSPS) is 32.3. The van der Waals surface area contributed by atoms with Crippen molar-refractivity contribution in [1.29, 1.82) is 0 Å². The summed E-state index contributed by atoms with van der Waals surface area (Å²) in [6.07, 6.45) is 4.60. The third-order valence-electron chi connectivity index (χ3n) is 10.4. The molecule has 15 heteroatoms. The molecule has 4 heterocycles. The number of amides is 2. The van der Waals surface area contributed by atoms with Gasteiger partial charge in [0.15, 0.2) is 5.60 Å². The Morgan fingerprint density at radius 1 is 1.17 bits per heavy atom.